The quantitative estimate of drug-likeness (QED) is 0.759. The van der Waals surface area contributed by atoms with Gasteiger partial charge in [-0.1, -0.05) is 24.3 Å². The molecule has 1 N–H and O–H groups in total. The molecule has 0 fully saturated rings. The summed E-state index contributed by atoms with van der Waals surface area (Å²) in [5.74, 6) is 0.355. The Labute approximate surface area is 90.0 Å². The largest absolute Gasteiger partial charge is 0.384 e. The van der Waals surface area contributed by atoms with Crippen LogP contribution in [0.2, 0.25) is 0 Å². The molecule has 1 aromatic rings. The molecule has 0 aromatic heterocycles. The van der Waals surface area contributed by atoms with Crippen molar-refractivity contribution in [2.45, 2.75) is 18.8 Å². The summed E-state index contributed by atoms with van der Waals surface area (Å²) >= 11 is 0. The average Bonchev–Trinajstić information content (AvgIpc) is 2.69. The number of para-hydroxylation sites is 1. The van der Waals surface area contributed by atoms with Crippen LogP contribution in [0.4, 0.5) is 5.69 Å². The van der Waals surface area contributed by atoms with Gasteiger partial charge in [0.05, 0.1) is 5.92 Å². The Hall–Kier alpha value is -1.57. The number of Topliss-reactive ketones (excluding diaryl/α,β-unsaturated/α-hetero) is 1. The first-order chi connectivity index (χ1) is 7.33. The number of nitrogens with one attached hydrogen (secondary N) is 1. The van der Waals surface area contributed by atoms with Crippen LogP contribution in [0.5, 0.6) is 0 Å². The number of rotatable bonds is 4. The topological polar surface area (TPSA) is 29.1 Å². The van der Waals surface area contributed by atoms with E-state index in [1.165, 1.54) is 0 Å². The Bertz CT molecular complexity index is 384. The fourth-order valence-corrected chi connectivity index (χ4v) is 1.99. The number of fused-ring (bicyclic) bond motifs is 1. The first kappa shape index (κ1) is 9.97. The summed E-state index contributed by atoms with van der Waals surface area (Å²) in [6.45, 7) is 4.38. The van der Waals surface area contributed by atoms with E-state index in [-0.39, 0.29) is 5.92 Å². The van der Waals surface area contributed by atoms with Crippen molar-refractivity contribution in [3.05, 3.63) is 42.5 Å². The third kappa shape index (κ3) is 1.94. The molecular formula is C13H15NO. The zero-order chi connectivity index (χ0) is 10.7. The van der Waals surface area contributed by atoms with Crippen molar-refractivity contribution in [2.75, 3.05) is 11.9 Å². The number of carbonyl (C=O) groups excluding carboxylic acids is 1. The molecule has 2 rings (SSSR count). The highest BCUT2D eigenvalue weighted by molar-refractivity contribution is 5.89. The van der Waals surface area contributed by atoms with Gasteiger partial charge in [-0.15, -0.1) is 6.58 Å². The minimum absolute atomic E-state index is 0.0427. The molecule has 2 heteroatoms. The highest BCUT2D eigenvalue weighted by Gasteiger charge is 2.26. The second-order valence-corrected chi connectivity index (χ2v) is 3.81. The van der Waals surface area contributed by atoms with Gasteiger partial charge in [-0.3, -0.25) is 4.79 Å². The van der Waals surface area contributed by atoms with Crippen molar-refractivity contribution >= 4 is 11.5 Å². The van der Waals surface area contributed by atoms with Crippen molar-refractivity contribution in [1.82, 2.24) is 0 Å². The number of allylic oxidation sites excluding steroid dienone is 1. The maximum Gasteiger partial charge on any atom is 0.142 e. The molecule has 0 amide bonds. The van der Waals surface area contributed by atoms with Gasteiger partial charge < -0.3 is 5.32 Å². The third-order valence-electron chi connectivity index (χ3n) is 2.82. The minimum Gasteiger partial charge on any atom is -0.384 e. The van der Waals surface area contributed by atoms with Crippen LogP contribution in [0.25, 0.3) is 0 Å². The molecule has 1 atom stereocenters. The van der Waals surface area contributed by atoms with Gasteiger partial charge in [-0.2, -0.15) is 0 Å². The van der Waals surface area contributed by atoms with E-state index in [0.29, 0.717) is 12.2 Å². The van der Waals surface area contributed by atoms with Crippen LogP contribution in [-0.4, -0.2) is 12.3 Å². The molecule has 1 unspecified atom stereocenters. The normalized spacial score (nSPS) is 18.0. The Morgan fingerprint density at radius 3 is 3.13 bits per heavy atom. The van der Waals surface area contributed by atoms with E-state index >= 15 is 0 Å². The maximum absolute atomic E-state index is 11.9. The summed E-state index contributed by atoms with van der Waals surface area (Å²) < 4.78 is 0. The standard InChI is InChI=1S/C13H15NO/c1-2-3-8-13(15)11-9-14-12-7-5-4-6-10(11)12/h2,4-7,11,14H,1,3,8-9H2. The van der Waals surface area contributed by atoms with Crippen LogP contribution < -0.4 is 5.32 Å². The second-order valence-electron chi connectivity index (χ2n) is 3.81. The van der Waals surface area contributed by atoms with Crippen LogP contribution in [0.15, 0.2) is 36.9 Å². The lowest BCUT2D eigenvalue weighted by atomic mass is 9.94. The predicted octanol–water partition coefficient (Wildman–Crippen LogP) is 2.73. The van der Waals surface area contributed by atoms with Gasteiger partial charge in [0, 0.05) is 18.7 Å². The molecule has 2 nitrogen and oxygen atoms in total. The van der Waals surface area contributed by atoms with Crippen molar-refractivity contribution in [2.24, 2.45) is 0 Å². The van der Waals surface area contributed by atoms with Gasteiger partial charge >= 0.3 is 0 Å². The Kier molecular flexibility index (Phi) is 2.86. The monoisotopic (exact) mass is 201 g/mol. The first-order valence-corrected chi connectivity index (χ1v) is 5.29. The lowest BCUT2D eigenvalue weighted by molar-refractivity contribution is -0.120. The molecule has 0 saturated heterocycles. The van der Waals surface area contributed by atoms with Gasteiger partial charge in [0.2, 0.25) is 0 Å². The molecule has 0 aliphatic carbocycles. The van der Waals surface area contributed by atoms with E-state index in [2.05, 4.69) is 11.9 Å². The fourth-order valence-electron chi connectivity index (χ4n) is 1.99. The molecule has 1 heterocycles. The summed E-state index contributed by atoms with van der Waals surface area (Å²) in [6.07, 6.45) is 3.17. The molecule has 0 spiro atoms. The van der Waals surface area contributed by atoms with E-state index in [4.69, 9.17) is 0 Å². The molecule has 1 aliphatic rings. The molecule has 15 heavy (non-hydrogen) atoms. The maximum atomic E-state index is 11.9. The summed E-state index contributed by atoms with van der Waals surface area (Å²) in [4.78, 5) is 11.9. The third-order valence-corrected chi connectivity index (χ3v) is 2.82. The SMILES string of the molecule is C=CCCC(=O)C1CNc2ccccc21. The van der Waals surface area contributed by atoms with Crippen molar-refractivity contribution in [1.29, 1.82) is 0 Å². The van der Waals surface area contributed by atoms with Crippen LogP contribution in [0, 0.1) is 0 Å². The number of benzene rings is 1. The highest BCUT2D eigenvalue weighted by Crippen LogP contribution is 2.32. The van der Waals surface area contributed by atoms with Crippen LogP contribution in [-0.2, 0) is 4.79 Å². The minimum atomic E-state index is 0.0427. The van der Waals surface area contributed by atoms with E-state index < -0.39 is 0 Å². The average molecular weight is 201 g/mol. The van der Waals surface area contributed by atoms with Crippen molar-refractivity contribution in [3.63, 3.8) is 0 Å². The lowest BCUT2D eigenvalue weighted by Crippen LogP contribution is -2.13. The molecule has 1 aliphatic heterocycles. The van der Waals surface area contributed by atoms with Crippen LogP contribution in [0.1, 0.15) is 24.3 Å². The number of anilines is 1. The van der Waals surface area contributed by atoms with Gasteiger partial charge in [0.1, 0.15) is 5.78 Å². The first-order valence-electron chi connectivity index (χ1n) is 5.29. The number of carbonyl (C=O) groups is 1. The number of ketones is 1. The Morgan fingerprint density at radius 2 is 2.33 bits per heavy atom. The highest BCUT2D eigenvalue weighted by atomic mass is 16.1. The molecular weight excluding hydrogens is 186 g/mol. The molecule has 0 saturated carbocycles. The molecule has 78 valence electrons. The summed E-state index contributed by atoms with van der Waals surface area (Å²) in [7, 11) is 0. The summed E-state index contributed by atoms with van der Waals surface area (Å²) in [5, 5.41) is 3.26. The van der Waals surface area contributed by atoms with Crippen molar-refractivity contribution < 1.29 is 4.79 Å². The van der Waals surface area contributed by atoms with E-state index in [1.807, 2.05) is 24.3 Å². The van der Waals surface area contributed by atoms with Crippen LogP contribution in [0.3, 0.4) is 0 Å². The van der Waals surface area contributed by atoms with Crippen LogP contribution >= 0.6 is 0 Å². The predicted molar refractivity (Wildman–Crippen MR) is 62.1 cm³/mol. The number of hydrogen-bond acceptors (Lipinski definition) is 2. The zero-order valence-corrected chi connectivity index (χ0v) is 8.70. The van der Waals surface area contributed by atoms with Gasteiger partial charge in [0.25, 0.3) is 0 Å². The Balaban J connectivity index is 2.13. The second kappa shape index (κ2) is 4.30. The Morgan fingerprint density at radius 1 is 1.53 bits per heavy atom. The lowest BCUT2D eigenvalue weighted by Gasteiger charge is -2.07. The summed E-state index contributed by atoms with van der Waals surface area (Å²) in [5.41, 5.74) is 2.25. The van der Waals surface area contributed by atoms with Crippen molar-refractivity contribution in [3.8, 4) is 0 Å². The molecule has 0 bridgehead atoms. The van der Waals surface area contributed by atoms with Gasteiger partial charge in [-0.25, -0.2) is 0 Å². The van der Waals surface area contributed by atoms with E-state index in [1.54, 1.807) is 6.08 Å². The van der Waals surface area contributed by atoms with Gasteiger partial charge in [0.15, 0.2) is 0 Å². The van der Waals surface area contributed by atoms with E-state index in [9.17, 15) is 4.79 Å². The summed E-state index contributed by atoms with van der Waals surface area (Å²) in [6, 6.07) is 8.03. The fraction of sp³-hybridized carbons (Fsp3) is 0.308. The molecule has 0 radical (unpaired) electrons. The molecule has 1 aromatic carbocycles. The van der Waals surface area contributed by atoms with E-state index in [0.717, 1.165) is 24.2 Å². The zero-order valence-electron chi connectivity index (χ0n) is 8.70. The number of hydrogen-bond donors (Lipinski definition) is 1. The van der Waals surface area contributed by atoms with Gasteiger partial charge in [-0.05, 0) is 18.1 Å². The smallest absolute Gasteiger partial charge is 0.142 e.